The predicted octanol–water partition coefficient (Wildman–Crippen LogP) is -0.291. The van der Waals surface area contributed by atoms with Gasteiger partial charge in [-0.05, 0) is 12.8 Å². The molecule has 1 aliphatic carbocycles. The van der Waals surface area contributed by atoms with Crippen molar-refractivity contribution in [2.24, 2.45) is 0 Å². The number of rotatable bonds is 3. The number of hydrogen-bond acceptors (Lipinski definition) is 3. The Morgan fingerprint density at radius 2 is 2.33 bits per heavy atom. The van der Waals surface area contributed by atoms with Crippen LogP contribution >= 0.6 is 0 Å². The molecule has 1 saturated carbocycles. The summed E-state index contributed by atoms with van der Waals surface area (Å²) in [4.78, 5) is 22.4. The summed E-state index contributed by atoms with van der Waals surface area (Å²) in [6, 6.07) is 1.72. The van der Waals surface area contributed by atoms with E-state index in [1.54, 1.807) is 10.8 Å². The van der Waals surface area contributed by atoms with Gasteiger partial charge in [0.15, 0.2) is 0 Å². The van der Waals surface area contributed by atoms with Crippen LogP contribution in [0.25, 0.3) is 0 Å². The lowest BCUT2D eigenvalue weighted by atomic mass is 10.4. The highest BCUT2D eigenvalue weighted by molar-refractivity contribution is 5.76. The maximum absolute atomic E-state index is 11.4. The highest BCUT2D eigenvalue weighted by Gasteiger charge is 2.22. The van der Waals surface area contributed by atoms with Gasteiger partial charge >= 0.3 is 0 Å². The fourth-order valence-corrected chi connectivity index (χ4v) is 1.31. The average Bonchev–Trinajstić information content (AvgIpc) is 2.95. The lowest BCUT2D eigenvalue weighted by molar-refractivity contribution is -0.121. The number of carbonyl (C=O) groups excluding carboxylic acids is 1. The lowest BCUT2D eigenvalue weighted by Gasteiger charge is -2.07. The van der Waals surface area contributed by atoms with E-state index in [-0.39, 0.29) is 23.6 Å². The molecule has 0 spiro atoms. The van der Waals surface area contributed by atoms with Crippen molar-refractivity contribution < 1.29 is 4.79 Å². The molecule has 3 N–H and O–H groups in total. The van der Waals surface area contributed by atoms with E-state index in [0.717, 1.165) is 12.8 Å². The van der Waals surface area contributed by atoms with Crippen molar-refractivity contribution in [1.29, 1.82) is 0 Å². The zero-order valence-corrected chi connectivity index (χ0v) is 8.27. The number of nitrogens with zero attached hydrogens (tertiary/aromatic N) is 1. The monoisotopic (exact) mass is 207 g/mol. The van der Waals surface area contributed by atoms with Crippen LogP contribution in [-0.4, -0.2) is 16.5 Å². The third-order valence-corrected chi connectivity index (χ3v) is 2.28. The van der Waals surface area contributed by atoms with E-state index in [4.69, 9.17) is 5.73 Å². The van der Waals surface area contributed by atoms with Crippen molar-refractivity contribution in [3.63, 3.8) is 0 Å². The minimum absolute atomic E-state index is 0.0412. The Labute approximate surface area is 86.9 Å². The molecule has 1 fully saturated rings. The molecule has 0 saturated heterocycles. The molecule has 5 heteroatoms. The van der Waals surface area contributed by atoms with Crippen LogP contribution in [0.2, 0.25) is 0 Å². The number of amides is 1. The average molecular weight is 207 g/mol. The Hall–Kier alpha value is -1.78. The molecule has 0 unspecified atom stereocenters. The maximum atomic E-state index is 11.4. The molecule has 1 amide bonds. The maximum Gasteiger partial charge on any atom is 0.240 e. The zero-order chi connectivity index (χ0) is 10.8. The van der Waals surface area contributed by atoms with Gasteiger partial charge in [0.05, 0.1) is 5.69 Å². The molecule has 0 radical (unpaired) electrons. The van der Waals surface area contributed by atoms with Crippen molar-refractivity contribution in [3.8, 4) is 0 Å². The molecule has 0 atom stereocenters. The van der Waals surface area contributed by atoms with E-state index >= 15 is 0 Å². The molecule has 80 valence electrons. The zero-order valence-electron chi connectivity index (χ0n) is 8.27. The number of nitrogen functional groups attached to an aromatic ring is 1. The summed E-state index contributed by atoms with van der Waals surface area (Å²) in [6.07, 6.45) is 5.18. The number of pyridine rings is 1. The van der Waals surface area contributed by atoms with Crippen molar-refractivity contribution in [2.75, 3.05) is 5.73 Å². The first-order chi connectivity index (χ1) is 7.15. The Morgan fingerprint density at radius 3 is 2.93 bits per heavy atom. The fourth-order valence-electron chi connectivity index (χ4n) is 1.31. The molecular formula is C10H13N3O2. The van der Waals surface area contributed by atoms with E-state index in [1.807, 2.05) is 0 Å². The summed E-state index contributed by atoms with van der Waals surface area (Å²) >= 11 is 0. The number of nitrogens with two attached hydrogens (primary N) is 1. The molecule has 1 heterocycles. The standard InChI is InChI=1S/C10H13N3O2/c11-8-5-13(4-3-9(8)14)6-10(15)12-7-1-2-7/h3-5,7H,1-2,6,11H2,(H,12,15). The number of nitrogens with one attached hydrogen (secondary N) is 1. The summed E-state index contributed by atoms with van der Waals surface area (Å²) in [5, 5.41) is 2.86. The number of anilines is 1. The quantitative estimate of drug-likeness (QED) is 0.715. The largest absolute Gasteiger partial charge is 0.394 e. The van der Waals surface area contributed by atoms with E-state index < -0.39 is 0 Å². The third kappa shape index (κ3) is 2.59. The summed E-state index contributed by atoms with van der Waals surface area (Å²) in [7, 11) is 0. The molecule has 0 bridgehead atoms. The smallest absolute Gasteiger partial charge is 0.240 e. The van der Waals surface area contributed by atoms with Crippen LogP contribution in [0.15, 0.2) is 23.3 Å². The molecule has 0 aromatic carbocycles. The van der Waals surface area contributed by atoms with Gasteiger partial charge in [0.25, 0.3) is 0 Å². The number of aromatic nitrogens is 1. The second-order valence-electron chi connectivity index (χ2n) is 3.78. The minimum atomic E-state index is -0.214. The van der Waals surface area contributed by atoms with Crippen LogP contribution in [-0.2, 0) is 11.3 Å². The van der Waals surface area contributed by atoms with E-state index in [1.165, 1.54) is 12.3 Å². The van der Waals surface area contributed by atoms with Crippen LogP contribution in [0.4, 0.5) is 5.69 Å². The van der Waals surface area contributed by atoms with Gasteiger partial charge in [0.1, 0.15) is 6.54 Å². The first-order valence-corrected chi connectivity index (χ1v) is 4.90. The molecular weight excluding hydrogens is 194 g/mol. The molecule has 0 aliphatic heterocycles. The summed E-state index contributed by atoms with van der Waals surface area (Å²) in [5.74, 6) is -0.0412. The van der Waals surface area contributed by atoms with Gasteiger partial charge in [-0.25, -0.2) is 0 Å². The predicted molar refractivity (Wildman–Crippen MR) is 56.3 cm³/mol. The minimum Gasteiger partial charge on any atom is -0.394 e. The molecule has 1 aromatic heterocycles. The molecule has 1 aliphatic rings. The van der Waals surface area contributed by atoms with Gasteiger partial charge in [-0.15, -0.1) is 0 Å². The number of hydrogen-bond donors (Lipinski definition) is 2. The Kier molecular flexibility index (Phi) is 2.45. The van der Waals surface area contributed by atoms with Gasteiger partial charge in [-0.3, -0.25) is 9.59 Å². The van der Waals surface area contributed by atoms with Gasteiger partial charge in [-0.1, -0.05) is 0 Å². The fraction of sp³-hybridized carbons (Fsp3) is 0.400. The van der Waals surface area contributed by atoms with Gasteiger partial charge < -0.3 is 15.6 Å². The van der Waals surface area contributed by atoms with Crippen LogP contribution < -0.4 is 16.5 Å². The normalized spacial score (nSPS) is 14.9. The Morgan fingerprint density at radius 1 is 1.60 bits per heavy atom. The highest BCUT2D eigenvalue weighted by atomic mass is 16.2. The Bertz CT molecular complexity index is 435. The SMILES string of the molecule is Nc1cn(CC(=O)NC2CC2)ccc1=O. The van der Waals surface area contributed by atoms with Crippen LogP contribution in [0.5, 0.6) is 0 Å². The van der Waals surface area contributed by atoms with Gasteiger partial charge in [0, 0.05) is 24.5 Å². The van der Waals surface area contributed by atoms with Gasteiger partial charge in [-0.2, -0.15) is 0 Å². The van der Waals surface area contributed by atoms with Gasteiger partial charge in [0.2, 0.25) is 11.3 Å². The highest BCUT2D eigenvalue weighted by Crippen LogP contribution is 2.18. The van der Waals surface area contributed by atoms with Crippen LogP contribution in [0.3, 0.4) is 0 Å². The second-order valence-corrected chi connectivity index (χ2v) is 3.78. The van der Waals surface area contributed by atoms with Crippen molar-refractivity contribution >= 4 is 11.6 Å². The Balaban J connectivity index is 2.00. The summed E-state index contributed by atoms with van der Waals surface area (Å²) in [5.41, 5.74) is 5.39. The molecule has 5 nitrogen and oxygen atoms in total. The topological polar surface area (TPSA) is 77.1 Å². The van der Waals surface area contributed by atoms with Crippen molar-refractivity contribution in [2.45, 2.75) is 25.4 Å². The molecule has 2 rings (SSSR count). The third-order valence-electron chi connectivity index (χ3n) is 2.28. The van der Waals surface area contributed by atoms with E-state index in [0.29, 0.717) is 6.04 Å². The first kappa shape index (κ1) is 9.76. The van der Waals surface area contributed by atoms with Crippen molar-refractivity contribution in [1.82, 2.24) is 9.88 Å². The number of carbonyl (C=O) groups is 1. The van der Waals surface area contributed by atoms with E-state index in [9.17, 15) is 9.59 Å². The molecule has 15 heavy (non-hydrogen) atoms. The van der Waals surface area contributed by atoms with Crippen LogP contribution in [0, 0.1) is 0 Å². The lowest BCUT2D eigenvalue weighted by Crippen LogP contribution is -2.29. The summed E-state index contributed by atoms with van der Waals surface area (Å²) in [6.45, 7) is 0.209. The first-order valence-electron chi connectivity index (χ1n) is 4.90. The second kappa shape index (κ2) is 3.76. The van der Waals surface area contributed by atoms with Crippen molar-refractivity contribution in [3.05, 3.63) is 28.7 Å². The van der Waals surface area contributed by atoms with E-state index in [2.05, 4.69) is 5.32 Å². The summed E-state index contributed by atoms with van der Waals surface area (Å²) < 4.78 is 1.61. The molecule has 1 aromatic rings. The van der Waals surface area contributed by atoms with Crippen LogP contribution in [0.1, 0.15) is 12.8 Å².